The summed E-state index contributed by atoms with van der Waals surface area (Å²) in [7, 11) is -1.73. The Morgan fingerprint density at radius 3 is 2.37 bits per heavy atom. The highest BCUT2D eigenvalue weighted by Gasteiger charge is 2.50. The molecule has 1 unspecified atom stereocenters. The number of nitrogens with zero attached hydrogens (tertiary/aromatic N) is 1. The predicted octanol–water partition coefficient (Wildman–Crippen LogP) is 1.63. The van der Waals surface area contributed by atoms with Crippen LogP contribution in [0.3, 0.4) is 0 Å². The summed E-state index contributed by atoms with van der Waals surface area (Å²) in [4.78, 5) is -0.142. The van der Waals surface area contributed by atoms with Gasteiger partial charge in [-0.1, -0.05) is 12.1 Å². The molecule has 1 spiro atoms. The summed E-state index contributed by atoms with van der Waals surface area (Å²) in [5.41, 5.74) is -0.663. The van der Waals surface area contributed by atoms with E-state index in [9.17, 15) is 17.4 Å². The topological polar surface area (TPSA) is 32.3 Å². The van der Waals surface area contributed by atoms with Gasteiger partial charge in [0.2, 0.25) is 0 Å². The summed E-state index contributed by atoms with van der Waals surface area (Å²) in [6, 6.07) is 5.08. The Morgan fingerprint density at radius 2 is 1.84 bits per heavy atom. The molecular weight excluding hydrogens is 277 g/mol. The summed E-state index contributed by atoms with van der Waals surface area (Å²) < 4.78 is 52.4. The maximum absolute atomic E-state index is 12.9. The summed E-state index contributed by atoms with van der Waals surface area (Å²) in [5, 5.41) is 3.13. The first-order valence-corrected chi connectivity index (χ1v) is 7.06. The van der Waals surface area contributed by atoms with E-state index >= 15 is 0 Å². The Labute approximate surface area is 111 Å². The molecule has 7 heteroatoms. The smallest absolute Gasteiger partial charge is 0.315 e. The van der Waals surface area contributed by atoms with Gasteiger partial charge >= 0.3 is 6.18 Å². The highest BCUT2D eigenvalue weighted by molar-refractivity contribution is 7.82. The van der Waals surface area contributed by atoms with Crippen LogP contribution in [0.4, 0.5) is 13.2 Å². The van der Waals surface area contributed by atoms with E-state index in [2.05, 4.69) is 5.32 Å². The van der Waals surface area contributed by atoms with Gasteiger partial charge in [-0.3, -0.25) is 0 Å². The Bertz CT molecular complexity index is 520. The van der Waals surface area contributed by atoms with Crippen molar-refractivity contribution in [2.24, 2.45) is 5.41 Å². The van der Waals surface area contributed by atoms with Crippen molar-refractivity contribution in [2.75, 3.05) is 26.2 Å². The molecule has 1 aromatic rings. The van der Waals surface area contributed by atoms with Crippen LogP contribution in [0.2, 0.25) is 0 Å². The largest absolute Gasteiger partial charge is 0.417 e. The van der Waals surface area contributed by atoms with Crippen molar-refractivity contribution in [3.05, 3.63) is 29.8 Å². The number of rotatable bonds is 2. The molecule has 1 atom stereocenters. The summed E-state index contributed by atoms with van der Waals surface area (Å²) in [6.07, 6.45) is -4.47. The molecule has 3 rings (SSSR count). The first kappa shape index (κ1) is 13.1. The fourth-order valence-corrected chi connectivity index (χ4v) is 4.14. The lowest BCUT2D eigenvalue weighted by Crippen LogP contribution is -2.71. The van der Waals surface area contributed by atoms with Crippen molar-refractivity contribution in [3.8, 4) is 0 Å². The van der Waals surface area contributed by atoms with Crippen LogP contribution in [0.25, 0.3) is 0 Å². The lowest BCUT2D eigenvalue weighted by atomic mass is 9.76. The van der Waals surface area contributed by atoms with E-state index in [0.717, 1.165) is 19.2 Å². The molecule has 0 saturated carbocycles. The Kier molecular flexibility index (Phi) is 2.95. The zero-order valence-corrected chi connectivity index (χ0v) is 10.9. The summed E-state index contributed by atoms with van der Waals surface area (Å²) in [6.45, 7) is 2.92. The average Bonchev–Trinajstić information content (AvgIpc) is 2.24. The fraction of sp³-hybridized carbons (Fsp3) is 0.500. The molecule has 1 N–H and O–H groups in total. The third-order valence-electron chi connectivity index (χ3n) is 3.64. The third kappa shape index (κ3) is 2.19. The average molecular weight is 290 g/mol. The van der Waals surface area contributed by atoms with Crippen LogP contribution >= 0.6 is 0 Å². The van der Waals surface area contributed by atoms with Gasteiger partial charge in [0.05, 0.1) is 10.5 Å². The molecule has 0 bridgehead atoms. The van der Waals surface area contributed by atoms with Crippen LogP contribution < -0.4 is 5.32 Å². The zero-order chi connectivity index (χ0) is 13.7. The van der Waals surface area contributed by atoms with E-state index in [0.29, 0.717) is 13.1 Å². The van der Waals surface area contributed by atoms with Gasteiger partial charge in [-0.05, 0) is 12.1 Å². The minimum absolute atomic E-state index is 0.142. The van der Waals surface area contributed by atoms with Gasteiger partial charge in [0, 0.05) is 31.6 Å². The van der Waals surface area contributed by atoms with Crippen LogP contribution in [-0.4, -0.2) is 34.7 Å². The second-order valence-electron chi connectivity index (χ2n) is 5.14. The molecule has 2 fully saturated rings. The highest BCUT2D eigenvalue weighted by Crippen LogP contribution is 2.39. The van der Waals surface area contributed by atoms with E-state index in [4.69, 9.17) is 0 Å². The second kappa shape index (κ2) is 4.29. The SMILES string of the molecule is O=S(c1ccccc1C(F)(F)F)N1CC2(CNC2)C1. The van der Waals surface area contributed by atoms with Crippen molar-refractivity contribution in [3.63, 3.8) is 0 Å². The molecule has 0 radical (unpaired) electrons. The summed E-state index contributed by atoms with van der Waals surface area (Å²) >= 11 is 0. The van der Waals surface area contributed by atoms with Gasteiger partial charge in [0.1, 0.15) is 11.0 Å². The molecule has 2 heterocycles. The van der Waals surface area contributed by atoms with Crippen LogP contribution in [0.5, 0.6) is 0 Å². The number of halogens is 3. The van der Waals surface area contributed by atoms with Gasteiger partial charge in [0.25, 0.3) is 0 Å². The number of hydrogen-bond donors (Lipinski definition) is 1. The van der Waals surface area contributed by atoms with Crippen LogP contribution in [0, 0.1) is 5.41 Å². The highest BCUT2D eigenvalue weighted by atomic mass is 32.2. The maximum Gasteiger partial charge on any atom is 0.417 e. The van der Waals surface area contributed by atoms with Crippen molar-refractivity contribution < 1.29 is 17.4 Å². The molecule has 0 aliphatic carbocycles. The number of benzene rings is 1. The third-order valence-corrected chi connectivity index (χ3v) is 5.10. The Balaban J connectivity index is 1.81. The first-order chi connectivity index (χ1) is 8.91. The molecule has 0 aromatic heterocycles. The molecule has 2 aliphatic heterocycles. The van der Waals surface area contributed by atoms with Gasteiger partial charge in [-0.15, -0.1) is 0 Å². The van der Waals surface area contributed by atoms with Crippen molar-refractivity contribution >= 4 is 11.0 Å². The second-order valence-corrected chi connectivity index (χ2v) is 6.60. The van der Waals surface area contributed by atoms with Crippen molar-refractivity contribution in [1.29, 1.82) is 0 Å². The standard InChI is InChI=1S/C12H13F3N2OS/c13-12(14,15)9-3-1-2-4-10(9)19(18)17-7-11(8-17)5-16-6-11/h1-4,16H,5-8H2. The maximum atomic E-state index is 12.9. The van der Waals surface area contributed by atoms with E-state index < -0.39 is 22.7 Å². The summed E-state index contributed by atoms with van der Waals surface area (Å²) in [5.74, 6) is 0. The quantitative estimate of drug-likeness (QED) is 0.898. The Hall–Kier alpha value is -0.920. The molecule has 2 saturated heterocycles. The lowest BCUT2D eigenvalue weighted by molar-refractivity contribution is -0.139. The van der Waals surface area contributed by atoms with Gasteiger partial charge in [-0.2, -0.15) is 13.2 Å². The van der Waals surface area contributed by atoms with E-state index in [1.165, 1.54) is 18.2 Å². The lowest BCUT2D eigenvalue weighted by Gasteiger charge is -2.55. The number of alkyl halides is 3. The van der Waals surface area contributed by atoms with E-state index in [-0.39, 0.29) is 10.3 Å². The van der Waals surface area contributed by atoms with Crippen molar-refractivity contribution in [1.82, 2.24) is 9.62 Å². The fourth-order valence-electron chi connectivity index (χ4n) is 2.51. The van der Waals surface area contributed by atoms with Crippen LogP contribution in [0.15, 0.2) is 29.2 Å². The van der Waals surface area contributed by atoms with E-state index in [1.807, 2.05) is 0 Å². The minimum atomic E-state index is -4.47. The monoisotopic (exact) mass is 290 g/mol. The molecule has 0 amide bonds. The van der Waals surface area contributed by atoms with Crippen LogP contribution in [0.1, 0.15) is 5.56 Å². The first-order valence-electron chi connectivity index (χ1n) is 5.95. The number of nitrogens with one attached hydrogen (secondary N) is 1. The molecular formula is C12H13F3N2OS. The van der Waals surface area contributed by atoms with Gasteiger partial charge < -0.3 is 5.32 Å². The molecule has 104 valence electrons. The zero-order valence-electron chi connectivity index (χ0n) is 10.0. The number of hydrogen-bond acceptors (Lipinski definition) is 2. The molecule has 19 heavy (non-hydrogen) atoms. The van der Waals surface area contributed by atoms with Crippen molar-refractivity contribution in [2.45, 2.75) is 11.1 Å². The van der Waals surface area contributed by atoms with Gasteiger partial charge in [0.15, 0.2) is 0 Å². The minimum Gasteiger partial charge on any atom is -0.315 e. The molecule has 2 aliphatic rings. The van der Waals surface area contributed by atoms with Gasteiger partial charge in [-0.25, -0.2) is 8.51 Å². The normalized spacial score (nSPS) is 23.7. The predicted molar refractivity (Wildman–Crippen MR) is 64.7 cm³/mol. The van der Waals surface area contributed by atoms with E-state index in [1.54, 1.807) is 4.31 Å². The molecule has 1 aromatic carbocycles. The van der Waals surface area contributed by atoms with Crippen LogP contribution in [-0.2, 0) is 17.2 Å². The Morgan fingerprint density at radius 1 is 1.21 bits per heavy atom. The molecule has 3 nitrogen and oxygen atoms in total.